The highest BCUT2D eigenvalue weighted by atomic mass is 32.1. The fourth-order valence-electron chi connectivity index (χ4n) is 1.47. The van der Waals surface area contributed by atoms with Gasteiger partial charge in [-0.25, -0.2) is 9.78 Å². The quantitative estimate of drug-likeness (QED) is 0.519. The smallest absolute Gasteiger partial charge is 0.339 e. The monoisotopic (exact) mass is 307 g/mol. The van der Waals surface area contributed by atoms with Gasteiger partial charge in [-0.05, 0) is 19.1 Å². The summed E-state index contributed by atoms with van der Waals surface area (Å²) in [6, 6.07) is 2.36. The number of amides is 2. The minimum absolute atomic E-state index is 0.413. The molecule has 2 heterocycles. The lowest BCUT2D eigenvalue weighted by Crippen LogP contribution is -2.38. The molecule has 0 aliphatic rings. The van der Waals surface area contributed by atoms with Crippen LogP contribution in [0.2, 0.25) is 0 Å². The first kappa shape index (κ1) is 14.5. The Morgan fingerprint density at radius 2 is 2.40 bits per heavy atom. The molecule has 0 radical (unpaired) electrons. The number of carbonyl (C=O) groups is 1. The fraction of sp³-hybridized carbons (Fsp3) is 0.231. The third-order valence-electron chi connectivity index (χ3n) is 2.50. The van der Waals surface area contributed by atoms with Gasteiger partial charge in [0.05, 0.1) is 16.1 Å². The van der Waals surface area contributed by atoms with Gasteiger partial charge in [-0.15, -0.1) is 22.7 Å². The van der Waals surface area contributed by atoms with E-state index in [1.807, 2.05) is 23.0 Å². The number of aromatic nitrogens is 1. The average Bonchev–Trinajstić information content (AvgIpc) is 3.07. The first-order valence-corrected chi connectivity index (χ1v) is 7.57. The number of carbonyl (C=O) groups excluding carboxylic acids is 1. The Balaban J connectivity index is 2.01. The molecule has 2 aromatic heterocycles. The number of thiazole rings is 1. The van der Waals surface area contributed by atoms with Crippen LogP contribution in [0.1, 0.15) is 22.4 Å². The minimum atomic E-state index is -0.915. The number of hydroxylamine groups is 2. The van der Waals surface area contributed by atoms with Crippen molar-refractivity contribution >= 4 is 28.7 Å². The molecule has 104 valence electrons. The van der Waals surface area contributed by atoms with E-state index in [1.54, 1.807) is 29.6 Å². The van der Waals surface area contributed by atoms with Gasteiger partial charge in [0.15, 0.2) is 0 Å². The zero-order chi connectivity index (χ0) is 14.5. The van der Waals surface area contributed by atoms with Gasteiger partial charge in [0.1, 0.15) is 6.04 Å². The molecule has 5 nitrogen and oxygen atoms in total. The molecular formula is C13H13N3O2S2. The maximum absolute atomic E-state index is 10.8. The third kappa shape index (κ3) is 3.81. The van der Waals surface area contributed by atoms with Crippen molar-refractivity contribution in [2.24, 2.45) is 5.73 Å². The molecule has 20 heavy (non-hydrogen) atoms. The Labute approximate surface area is 124 Å². The summed E-state index contributed by atoms with van der Waals surface area (Å²) in [4.78, 5) is 17.0. The number of hydrogen-bond donors (Lipinski definition) is 2. The highest BCUT2D eigenvalue weighted by Gasteiger charge is 2.11. The maximum Gasteiger partial charge on any atom is 0.339 e. The summed E-state index contributed by atoms with van der Waals surface area (Å²) in [6.07, 6.45) is 0.790. The van der Waals surface area contributed by atoms with Gasteiger partial charge in [-0.3, -0.25) is 5.21 Å². The van der Waals surface area contributed by atoms with Crippen molar-refractivity contribution in [3.8, 4) is 11.8 Å². The second-order valence-electron chi connectivity index (χ2n) is 4.05. The van der Waals surface area contributed by atoms with E-state index >= 15 is 0 Å². The fourth-order valence-corrected chi connectivity index (χ4v) is 2.91. The Morgan fingerprint density at radius 3 is 3.05 bits per heavy atom. The summed E-state index contributed by atoms with van der Waals surface area (Å²) >= 11 is 3.14. The second-order valence-corrected chi connectivity index (χ2v) is 5.94. The van der Waals surface area contributed by atoms with Gasteiger partial charge >= 0.3 is 6.03 Å². The Bertz CT molecular complexity index is 640. The van der Waals surface area contributed by atoms with Crippen molar-refractivity contribution in [2.75, 3.05) is 0 Å². The predicted octanol–water partition coefficient (Wildman–Crippen LogP) is 2.31. The molecule has 0 bridgehead atoms. The highest BCUT2D eigenvalue weighted by molar-refractivity contribution is 7.12. The Morgan fingerprint density at radius 1 is 1.60 bits per heavy atom. The molecule has 0 spiro atoms. The number of primary amides is 1. The molecule has 0 fully saturated rings. The SMILES string of the molecule is CC(C#Cc1ccc(Cc2cscn2)s1)N(O)C(N)=O. The molecule has 2 amide bonds. The average molecular weight is 307 g/mol. The van der Waals surface area contributed by atoms with Crippen molar-refractivity contribution in [1.82, 2.24) is 10.0 Å². The van der Waals surface area contributed by atoms with Crippen LogP contribution in [0.5, 0.6) is 0 Å². The van der Waals surface area contributed by atoms with E-state index in [1.165, 1.54) is 4.88 Å². The van der Waals surface area contributed by atoms with Crippen molar-refractivity contribution in [3.05, 3.63) is 38.5 Å². The molecule has 3 N–H and O–H groups in total. The molecular weight excluding hydrogens is 294 g/mol. The molecule has 1 unspecified atom stereocenters. The van der Waals surface area contributed by atoms with Crippen LogP contribution in [0, 0.1) is 11.8 Å². The number of rotatable bonds is 3. The van der Waals surface area contributed by atoms with E-state index in [2.05, 4.69) is 16.8 Å². The largest absolute Gasteiger partial charge is 0.350 e. The lowest BCUT2D eigenvalue weighted by molar-refractivity contribution is -0.0536. The number of nitrogens with zero attached hydrogens (tertiary/aromatic N) is 2. The second kappa shape index (κ2) is 6.52. The summed E-state index contributed by atoms with van der Waals surface area (Å²) in [7, 11) is 0. The number of nitrogens with two attached hydrogens (primary N) is 1. The van der Waals surface area contributed by atoms with Crippen LogP contribution in [0.3, 0.4) is 0 Å². The van der Waals surface area contributed by atoms with Crippen LogP contribution < -0.4 is 5.73 Å². The van der Waals surface area contributed by atoms with E-state index in [-0.39, 0.29) is 0 Å². The number of urea groups is 1. The van der Waals surface area contributed by atoms with Crippen molar-refractivity contribution in [1.29, 1.82) is 0 Å². The third-order valence-corrected chi connectivity index (χ3v) is 4.13. The van der Waals surface area contributed by atoms with Crippen molar-refractivity contribution < 1.29 is 10.0 Å². The molecule has 1 atom stereocenters. The van der Waals surface area contributed by atoms with Crippen molar-refractivity contribution in [3.63, 3.8) is 0 Å². The van der Waals surface area contributed by atoms with E-state index in [0.717, 1.165) is 17.0 Å². The first-order valence-electron chi connectivity index (χ1n) is 5.81. The van der Waals surface area contributed by atoms with E-state index in [0.29, 0.717) is 5.06 Å². The van der Waals surface area contributed by atoms with Gasteiger partial charge in [0, 0.05) is 16.7 Å². The van der Waals surface area contributed by atoms with E-state index in [4.69, 9.17) is 5.73 Å². The Kier molecular flexibility index (Phi) is 4.74. The van der Waals surface area contributed by atoms with Gasteiger partial charge in [0.2, 0.25) is 0 Å². The lowest BCUT2D eigenvalue weighted by Gasteiger charge is -2.14. The predicted molar refractivity (Wildman–Crippen MR) is 78.8 cm³/mol. The highest BCUT2D eigenvalue weighted by Crippen LogP contribution is 2.19. The minimum Gasteiger partial charge on any atom is -0.350 e. The van der Waals surface area contributed by atoms with Crippen LogP contribution in [0.4, 0.5) is 4.79 Å². The van der Waals surface area contributed by atoms with Gasteiger partial charge in [-0.1, -0.05) is 11.8 Å². The van der Waals surface area contributed by atoms with Crippen LogP contribution in [-0.4, -0.2) is 27.3 Å². The summed E-state index contributed by atoms with van der Waals surface area (Å²) in [6.45, 7) is 1.60. The molecule has 7 heteroatoms. The molecule has 0 saturated heterocycles. The standard InChI is InChI=1S/C13H13N3O2S2/c1-9(16(18)13(14)17)2-3-11-4-5-12(20-11)6-10-7-19-8-15-10/h4-5,7-9,18H,6H2,1H3,(H2,14,17). The zero-order valence-corrected chi connectivity index (χ0v) is 12.4. The van der Waals surface area contributed by atoms with Crippen LogP contribution >= 0.6 is 22.7 Å². The molecule has 0 aromatic carbocycles. The zero-order valence-electron chi connectivity index (χ0n) is 10.7. The van der Waals surface area contributed by atoms with Gasteiger partial charge < -0.3 is 5.73 Å². The van der Waals surface area contributed by atoms with Crippen LogP contribution in [0.25, 0.3) is 0 Å². The molecule has 2 aromatic rings. The van der Waals surface area contributed by atoms with E-state index in [9.17, 15) is 10.0 Å². The number of thiophene rings is 1. The summed E-state index contributed by atoms with van der Waals surface area (Å²) < 4.78 is 0. The summed E-state index contributed by atoms with van der Waals surface area (Å²) in [5, 5.41) is 11.7. The molecule has 0 aliphatic carbocycles. The van der Waals surface area contributed by atoms with E-state index < -0.39 is 12.1 Å². The molecule has 0 saturated carbocycles. The van der Waals surface area contributed by atoms with Crippen LogP contribution in [-0.2, 0) is 6.42 Å². The Hall–Kier alpha value is -1.88. The lowest BCUT2D eigenvalue weighted by atomic mass is 10.3. The summed E-state index contributed by atoms with van der Waals surface area (Å²) in [5.41, 5.74) is 7.80. The maximum atomic E-state index is 10.8. The normalized spacial score (nSPS) is 11.5. The van der Waals surface area contributed by atoms with Crippen molar-refractivity contribution in [2.45, 2.75) is 19.4 Å². The molecule has 2 rings (SSSR count). The first-order chi connectivity index (χ1) is 9.56. The topological polar surface area (TPSA) is 79.4 Å². The summed E-state index contributed by atoms with van der Waals surface area (Å²) in [5.74, 6) is 5.70. The van der Waals surface area contributed by atoms with Gasteiger partial charge in [0.25, 0.3) is 0 Å². The van der Waals surface area contributed by atoms with Gasteiger partial charge in [-0.2, -0.15) is 5.06 Å². The number of hydrogen-bond acceptors (Lipinski definition) is 5. The molecule has 0 aliphatic heterocycles. The van der Waals surface area contributed by atoms with Crippen LogP contribution in [0.15, 0.2) is 23.0 Å².